The van der Waals surface area contributed by atoms with Crippen LogP contribution in [0.25, 0.3) is 0 Å². The van der Waals surface area contributed by atoms with E-state index in [1.165, 1.54) is 0 Å². The number of hydrogen-bond donors (Lipinski definition) is 2. The quantitative estimate of drug-likeness (QED) is 0.829. The van der Waals surface area contributed by atoms with Crippen molar-refractivity contribution < 1.29 is 18.0 Å². The minimum atomic E-state index is -4.49. The third kappa shape index (κ3) is 4.03. The highest BCUT2D eigenvalue weighted by Crippen LogP contribution is 2.33. The van der Waals surface area contributed by atoms with E-state index in [0.717, 1.165) is 31.5 Å². The number of alkyl halides is 3. The zero-order chi connectivity index (χ0) is 16.3. The summed E-state index contributed by atoms with van der Waals surface area (Å²) in [5.41, 5.74) is 4.51. The van der Waals surface area contributed by atoms with Gasteiger partial charge in [0.15, 0.2) is 0 Å². The molecule has 1 aliphatic rings. The molecule has 0 bridgehead atoms. The van der Waals surface area contributed by atoms with E-state index in [-0.39, 0.29) is 22.8 Å². The number of nitrogens with two attached hydrogens (primary N) is 1. The highest BCUT2D eigenvalue weighted by Gasteiger charge is 2.32. The smallest absolute Gasteiger partial charge is 0.369 e. The minimum Gasteiger partial charge on any atom is -0.369 e. The first kappa shape index (κ1) is 16.9. The second kappa shape index (κ2) is 6.73. The molecule has 1 saturated carbocycles. The molecule has 122 valence electrons. The van der Waals surface area contributed by atoms with Crippen molar-refractivity contribution in [3.63, 3.8) is 0 Å². The third-order valence-electron chi connectivity index (χ3n) is 3.87. The molecule has 8 heteroatoms. The van der Waals surface area contributed by atoms with Crippen LogP contribution in [0.2, 0.25) is 5.02 Å². The van der Waals surface area contributed by atoms with Crippen LogP contribution >= 0.6 is 11.6 Å². The molecule has 0 aliphatic heterocycles. The molecule has 3 N–H and O–H groups in total. The molecule has 0 unspecified atom stereocenters. The average molecular weight is 336 g/mol. The van der Waals surface area contributed by atoms with Crippen LogP contribution in [0.3, 0.4) is 0 Å². The van der Waals surface area contributed by atoms with Crippen molar-refractivity contribution in [1.82, 2.24) is 4.98 Å². The fraction of sp³-hybridized carbons (Fsp3) is 0.571. The van der Waals surface area contributed by atoms with E-state index >= 15 is 0 Å². The van der Waals surface area contributed by atoms with Crippen molar-refractivity contribution in [2.24, 2.45) is 11.7 Å². The van der Waals surface area contributed by atoms with Crippen molar-refractivity contribution in [3.8, 4) is 0 Å². The van der Waals surface area contributed by atoms with E-state index in [1.807, 2.05) is 0 Å². The molecule has 1 aromatic rings. The summed E-state index contributed by atoms with van der Waals surface area (Å²) in [6.07, 6.45) is 0.408. The molecule has 1 fully saturated rings. The van der Waals surface area contributed by atoms with Gasteiger partial charge in [-0.2, -0.15) is 13.2 Å². The number of hydrogen-bond acceptors (Lipinski definition) is 3. The Morgan fingerprint density at radius 1 is 1.32 bits per heavy atom. The van der Waals surface area contributed by atoms with Crippen molar-refractivity contribution in [2.75, 3.05) is 5.32 Å². The molecule has 0 saturated heterocycles. The van der Waals surface area contributed by atoms with Crippen LogP contribution in [0.1, 0.15) is 37.7 Å². The lowest BCUT2D eigenvalue weighted by Gasteiger charge is -2.24. The maximum Gasteiger partial charge on any atom is 0.417 e. The third-order valence-corrected chi connectivity index (χ3v) is 4.16. The van der Waals surface area contributed by atoms with Crippen molar-refractivity contribution >= 4 is 23.3 Å². The minimum absolute atomic E-state index is 0.123. The molecule has 2 atom stereocenters. The molecule has 0 aromatic carbocycles. The number of rotatable bonds is 3. The number of aromatic nitrogens is 1. The zero-order valence-corrected chi connectivity index (χ0v) is 12.5. The molecule has 22 heavy (non-hydrogen) atoms. The second-order valence-corrected chi connectivity index (χ2v) is 5.86. The Bertz CT molecular complexity index is 551. The summed E-state index contributed by atoms with van der Waals surface area (Å²) in [6, 6.07) is 0.564. The Kier molecular flexibility index (Phi) is 5.16. The van der Waals surface area contributed by atoms with Crippen LogP contribution in [-0.4, -0.2) is 16.9 Å². The van der Waals surface area contributed by atoms with Crippen LogP contribution in [-0.2, 0) is 11.0 Å². The van der Waals surface area contributed by atoms with Gasteiger partial charge < -0.3 is 11.1 Å². The molecular formula is C14H17ClF3N3O. The van der Waals surface area contributed by atoms with E-state index in [4.69, 9.17) is 17.3 Å². The summed E-state index contributed by atoms with van der Waals surface area (Å²) < 4.78 is 37.8. The Balaban J connectivity index is 2.19. The van der Waals surface area contributed by atoms with Gasteiger partial charge in [-0.3, -0.25) is 4.79 Å². The summed E-state index contributed by atoms with van der Waals surface area (Å²) in [4.78, 5) is 15.3. The van der Waals surface area contributed by atoms with Crippen LogP contribution in [0, 0.1) is 5.92 Å². The van der Waals surface area contributed by atoms with Gasteiger partial charge >= 0.3 is 6.18 Å². The molecule has 0 radical (unpaired) electrons. The molecule has 1 aromatic heterocycles. The molecule has 2 rings (SSSR count). The molecule has 1 heterocycles. The van der Waals surface area contributed by atoms with Crippen molar-refractivity contribution in [3.05, 3.63) is 22.8 Å². The van der Waals surface area contributed by atoms with Crippen LogP contribution in [0.5, 0.6) is 0 Å². The van der Waals surface area contributed by atoms with Crippen molar-refractivity contribution in [2.45, 2.75) is 44.3 Å². The summed E-state index contributed by atoms with van der Waals surface area (Å²) in [7, 11) is 0. The number of anilines is 1. The lowest BCUT2D eigenvalue weighted by atomic mass is 9.94. The lowest BCUT2D eigenvalue weighted by molar-refractivity contribution is -0.137. The second-order valence-electron chi connectivity index (χ2n) is 5.45. The summed E-state index contributed by atoms with van der Waals surface area (Å²) in [5.74, 6) is -0.641. The first-order valence-electron chi connectivity index (χ1n) is 7.07. The summed E-state index contributed by atoms with van der Waals surface area (Å²) >= 11 is 5.88. The predicted octanol–water partition coefficient (Wildman–Crippen LogP) is 3.60. The molecule has 0 spiro atoms. The molecule has 1 aliphatic carbocycles. The van der Waals surface area contributed by atoms with Crippen molar-refractivity contribution in [1.29, 1.82) is 0 Å². The van der Waals surface area contributed by atoms with Gasteiger partial charge in [-0.25, -0.2) is 4.98 Å². The SMILES string of the molecule is NC(=O)[C@H]1CCCCC[C@H]1Nc1ncc(C(F)(F)F)cc1Cl. The number of halogens is 4. The lowest BCUT2D eigenvalue weighted by Crippen LogP contribution is -2.38. The van der Waals surface area contributed by atoms with E-state index < -0.39 is 17.6 Å². The van der Waals surface area contributed by atoms with Gasteiger partial charge in [-0.05, 0) is 18.9 Å². The van der Waals surface area contributed by atoms with E-state index in [2.05, 4.69) is 10.3 Å². The van der Waals surface area contributed by atoms with Gasteiger partial charge in [0.05, 0.1) is 16.5 Å². The fourth-order valence-corrected chi connectivity index (χ4v) is 2.92. The largest absolute Gasteiger partial charge is 0.417 e. The number of amides is 1. The summed E-state index contributed by atoms with van der Waals surface area (Å²) in [5, 5.41) is 2.87. The van der Waals surface area contributed by atoms with Crippen LogP contribution in [0.4, 0.5) is 19.0 Å². The van der Waals surface area contributed by atoms with Gasteiger partial charge in [-0.15, -0.1) is 0 Å². The first-order chi connectivity index (χ1) is 10.3. The number of nitrogens with zero attached hydrogens (tertiary/aromatic N) is 1. The Morgan fingerprint density at radius 3 is 2.59 bits per heavy atom. The van der Waals surface area contributed by atoms with Crippen LogP contribution in [0.15, 0.2) is 12.3 Å². The monoisotopic (exact) mass is 335 g/mol. The first-order valence-corrected chi connectivity index (χ1v) is 7.45. The molecular weight excluding hydrogens is 319 g/mol. The van der Waals surface area contributed by atoms with Gasteiger partial charge in [0.2, 0.25) is 5.91 Å². The molecule has 4 nitrogen and oxygen atoms in total. The summed E-state index contributed by atoms with van der Waals surface area (Å²) in [6.45, 7) is 0. The Labute approximate surface area is 131 Å². The number of primary amides is 1. The van der Waals surface area contributed by atoms with Gasteiger partial charge in [0.25, 0.3) is 0 Å². The Morgan fingerprint density at radius 2 is 2.00 bits per heavy atom. The maximum atomic E-state index is 12.6. The van der Waals surface area contributed by atoms with Crippen LogP contribution < -0.4 is 11.1 Å². The highest BCUT2D eigenvalue weighted by atomic mass is 35.5. The van der Waals surface area contributed by atoms with E-state index in [0.29, 0.717) is 12.8 Å². The number of pyridine rings is 1. The van der Waals surface area contributed by atoms with Gasteiger partial charge in [0, 0.05) is 12.2 Å². The number of nitrogens with one attached hydrogen (secondary N) is 1. The molecule has 1 amide bonds. The average Bonchev–Trinajstić information content (AvgIpc) is 2.65. The predicted molar refractivity (Wildman–Crippen MR) is 77.4 cm³/mol. The normalized spacial score (nSPS) is 22.9. The zero-order valence-electron chi connectivity index (χ0n) is 11.8. The fourth-order valence-electron chi connectivity index (χ4n) is 2.70. The maximum absolute atomic E-state index is 12.6. The Hall–Kier alpha value is -1.50. The topological polar surface area (TPSA) is 68.0 Å². The number of carbonyl (C=O) groups is 1. The van der Waals surface area contributed by atoms with E-state index in [1.54, 1.807) is 0 Å². The van der Waals surface area contributed by atoms with E-state index in [9.17, 15) is 18.0 Å². The number of carbonyl (C=O) groups excluding carboxylic acids is 1. The standard InChI is InChI=1S/C14H17ClF3N3O/c15-10-6-8(14(16,17)18)7-20-13(10)21-11-5-3-1-2-4-9(11)12(19)22/h6-7,9,11H,1-5H2,(H2,19,22)(H,20,21)/t9-,11+/m0/s1. The van der Waals surface area contributed by atoms with Gasteiger partial charge in [0.1, 0.15) is 5.82 Å². The highest BCUT2D eigenvalue weighted by molar-refractivity contribution is 6.33. The van der Waals surface area contributed by atoms with Gasteiger partial charge in [-0.1, -0.05) is 30.9 Å².